The Hall–Kier alpha value is -4.52. The minimum Gasteiger partial charge on any atom is -0.457 e. The Kier molecular flexibility index (Phi) is 5.53. The zero-order valence-electron chi connectivity index (χ0n) is 19.2. The fourth-order valence-corrected chi connectivity index (χ4v) is 4.23. The van der Waals surface area contributed by atoms with Crippen molar-refractivity contribution in [3.63, 3.8) is 0 Å². The summed E-state index contributed by atoms with van der Waals surface area (Å²) in [5.74, 6) is -1.31. The van der Waals surface area contributed by atoms with Gasteiger partial charge < -0.3 is 9.15 Å². The molecule has 0 saturated carbocycles. The van der Waals surface area contributed by atoms with E-state index in [9.17, 15) is 19.2 Å². The summed E-state index contributed by atoms with van der Waals surface area (Å²) in [5, 5.41) is 0.708. The van der Waals surface area contributed by atoms with Crippen molar-refractivity contribution in [1.29, 1.82) is 0 Å². The second kappa shape index (κ2) is 8.68. The Bertz CT molecular complexity index is 1550. The number of rotatable bonds is 5. The van der Waals surface area contributed by atoms with Crippen molar-refractivity contribution in [3.8, 4) is 0 Å². The van der Waals surface area contributed by atoms with Crippen molar-refractivity contribution in [2.24, 2.45) is 0 Å². The number of hydrogen-bond acceptors (Lipinski definition) is 6. The monoisotopic (exact) mass is 467 g/mol. The molecule has 1 aromatic heterocycles. The molecule has 0 atom stereocenters. The maximum absolute atomic E-state index is 12.8. The van der Waals surface area contributed by atoms with Gasteiger partial charge in [0.2, 0.25) is 0 Å². The summed E-state index contributed by atoms with van der Waals surface area (Å²) >= 11 is 0. The SMILES string of the molecule is Cc1ccc2c(COC(=O)c3cccc(CN4C(=O)c5ccccc5C4=O)c3)cc(=O)oc2c1C. The zero-order chi connectivity index (χ0) is 24.7. The Morgan fingerprint density at radius 1 is 0.886 bits per heavy atom. The largest absolute Gasteiger partial charge is 0.457 e. The van der Waals surface area contributed by atoms with Crippen LogP contribution in [0.3, 0.4) is 0 Å². The van der Waals surface area contributed by atoms with Gasteiger partial charge in [-0.1, -0.05) is 36.4 Å². The number of aryl methyl sites for hydroxylation is 2. The van der Waals surface area contributed by atoms with E-state index in [1.54, 1.807) is 48.5 Å². The van der Waals surface area contributed by atoms with Crippen LogP contribution in [0.15, 0.2) is 75.9 Å². The summed E-state index contributed by atoms with van der Waals surface area (Å²) in [4.78, 5) is 51.3. The van der Waals surface area contributed by atoms with Gasteiger partial charge in [0, 0.05) is 17.0 Å². The first-order valence-electron chi connectivity index (χ1n) is 11.1. The van der Waals surface area contributed by atoms with Gasteiger partial charge in [-0.25, -0.2) is 9.59 Å². The molecule has 174 valence electrons. The number of amides is 2. The third-order valence-electron chi connectivity index (χ3n) is 6.26. The number of esters is 1. The van der Waals surface area contributed by atoms with Crippen molar-refractivity contribution in [2.75, 3.05) is 0 Å². The molecule has 0 bridgehead atoms. The Morgan fingerprint density at radius 2 is 1.60 bits per heavy atom. The van der Waals surface area contributed by atoms with E-state index in [0.717, 1.165) is 16.0 Å². The van der Waals surface area contributed by atoms with Crippen LogP contribution < -0.4 is 5.63 Å². The highest BCUT2D eigenvalue weighted by Crippen LogP contribution is 2.26. The van der Waals surface area contributed by atoms with Crippen LogP contribution in [0.25, 0.3) is 11.0 Å². The first kappa shape index (κ1) is 22.3. The highest BCUT2D eigenvalue weighted by atomic mass is 16.5. The minimum atomic E-state index is -0.584. The molecule has 2 heterocycles. The summed E-state index contributed by atoms with van der Waals surface area (Å²) in [7, 11) is 0. The third kappa shape index (κ3) is 4.01. The molecule has 1 aliphatic rings. The normalized spacial score (nSPS) is 12.8. The minimum absolute atomic E-state index is 0.0382. The summed E-state index contributed by atoms with van der Waals surface area (Å²) in [6, 6.07) is 18.4. The Morgan fingerprint density at radius 3 is 2.31 bits per heavy atom. The van der Waals surface area contributed by atoms with Gasteiger partial charge in [0.15, 0.2) is 0 Å². The first-order valence-corrected chi connectivity index (χ1v) is 11.1. The average molecular weight is 467 g/mol. The summed E-state index contributed by atoms with van der Waals surface area (Å²) < 4.78 is 10.9. The number of benzene rings is 3. The predicted molar refractivity (Wildman–Crippen MR) is 128 cm³/mol. The maximum Gasteiger partial charge on any atom is 0.338 e. The Labute approximate surface area is 200 Å². The van der Waals surface area contributed by atoms with Crippen molar-refractivity contribution in [3.05, 3.63) is 116 Å². The van der Waals surface area contributed by atoms with Gasteiger partial charge >= 0.3 is 11.6 Å². The fourth-order valence-electron chi connectivity index (χ4n) is 4.23. The van der Waals surface area contributed by atoms with Crippen LogP contribution in [0.2, 0.25) is 0 Å². The van der Waals surface area contributed by atoms with E-state index in [2.05, 4.69) is 0 Å². The van der Waals surface area contributed by atoms with Gasteiger partial charge in [-0.05, 0) is 54.8 Å². The maximum atomic E-state index is 12.8. The molecule has 0 fully saturated rings. The van der Waals surface area contributed by atoms with E-state index < -0.39 is 11.6 Å². The molecule has 7 heteroatoms. The predicted octanol–water partition coefficient (Wildman–Crippen LogP) is 4.56. The molecule has 2 amide bonds. The number of ether oxygens (including phenoxy) is 1. The molecule has 1 aliphatic heterocycles. The van der Waals surface area contributed by atoms with Crippen LogP contribution in [-0.2, 0) is 17.9 Å². The quantitative estimate of drug-likeness (QED) is 0.243. The standard InChI is InChI=1S/C28H21NO6/c1-16-10-11-21-20(13-24(30)35-25(21)17(16)2)15-34-28(33)19-7-5-6-18(12-19)14-29-26(31)22-8-3-4-9-23(22)27(29)32/h3-13H,14-15H2,1-2H3. The average Bonchev–Trinajstić information content (AvgIpc) is 3.10. The second-order valence-electron chi connectivity index (χ2n) is 8.49. The smallest absolute Gasteiger partial charge is 0.338 e. The molecule has 5 rings (SSSR count). The summed E-state index contributed by atoms with van der Waals surface area (Å²) in [6.45, 7) is 3.73. The highest BCUT2D eigenvalue weighted by Gasteiger charge is 2.35. The van der Waals surface area contributed by atoms with Crippen LogP contribution in [0.5, 0.6) is 0 Å². The molecule has 0 radical (unpaired) electrons. The van der Waals surface area contributed by atoms with Gasteiger partial charge in [0.25, 0.3) is 11.8 Å². The van der Waals surface area contributed by atoms with E-state index in [-0.39, 0.29) is 30.5 Å². The highest BCUT2D eigenvalue weighted by molar-refractivity contribution is 6.21. The molecule has 7 nitrogen and oxygen atoms in total. The van der Waals surface area contributed by atoms with E-state index >= 15 is 0 Å². The number of carbonyl (C=O) groups excluding carboxylic acids is 3. The molecule has 35 heavy (non-hydrogen) atoms. The van der Waals surface area contributed by atoms with Crippen LogP contribution in [0.4, 0.5) is 0 Å². The van der Waals surface area contributed by atoms with Crippen LogP contribution in [-0.4, -0.2) is 22.7 Å². The molecule has 0 spiro atoms. The summed E-state index contributed by atoms with van der Waals surface area (Å²) in [6.07, 6.45) is 0. The van der Waals surface area contributed by atoms with E-state index in [1.165, 1.54) is 6.07 Å². The molecule has 0 saturated heterocycles. The van der Waals surface area contributed by atoms with Gasteiger partial charge in [0.1, 0.15) is 12.2 Å². The number of nitrogens with zero attached hydrogens (tertiary/aromatic N) is 1. The first-order chi connectivity index (χ1) is 16.8. The van der Waals surface area contributed by atoms with Crippen LogP contribution in [0, 0.1) is 13.8 Å². The number of carbonyl (C=O) groups is 3. The number of hydrogen-bond donors (Lipinski definition) is 0. The van der Waals surface area contributed by atoms with Crippen LogP contribution >= 0.6 is 0 Å². The summed E-state index contributed by atoms with van der Waals surface area (Å²) in [5.41, 5.74) is 4.00. The molecular formula is C28H21NO6. The Balaban J connectivity index is 1.34. The molecule has 3 aromatic carbocycles. The topological polar surface area (TPSA) is 93.9 Å². The van der Waals surface area contributed by atoms with Crippen molar-refractivity contribution < 1.29 is 23.5 Å². The molecule has 4 aromatic rings. The van der Waals surface area contributed by atoms with Gasteiger partial charge in [-0.2, -0.15) is 0 Å². The molecule has 0 N–H and O–H groups in total. The fraction of sp³-hybridized carbons (Fsp3) is 0.143. The van der Waals surface area contributed by atoms with Crippen molar-refractivity contribution >= 4 is 28.8 Å². The number of imide groups is 1. The molecule has 0 aliphatic carbocycles. The molecular weight excluding hydrogens is 446 g/mol. The lowest BCUT2D eigenvalue weighted by atomic mass is 10.0. The lowest BCUT2D eigenvalue weighted by Crippen LogP contribution is -2.29. The molecule has 0 unspecified atom stereocenters. The van der Waals surface area contributed by atoms with Gasteiger partial charge in [-0.15, -0.1) is 0 Å². The van der Waals surface area contributed by atoms with E-state index in [0.29, 0.717) is 33.2 Å². The lowest BCUT2D eigenvalue weighted by Gasteiger charge is -2.14. The third-order valence-corrected chi connectivity index (χ3v) is 6.26. The van der Waals surface area contributed by atoms with Crippen LogP contribution in [0.1, 0.15) is 53.3 Å². The van der Waals surface area contributed by atoms with E-state index in [1.807, 2.05) is 26.0 Å². The van der Waals surface area contributed by atoms with Crippen molar-refractivity contribution in [1.82, 2.24) is 4.90 Å². The lowest BCUT2D eigenvalue weighted by molar-refractivity contribution is 0.0473. The van der Waals surface area contributed by atoms with E-state index in [4.69, 9.17) is 9.15 Å². The number of fused-ring (bicyclic) bond motifs is 2. The second-order valence-corrected chi connectivity index (χ2v) is 8.49. The zero-order valence-corrected chi connectivity index (χ0v) is 19.2. The van der Waals surface area contributed by atoms with Gasteiger partial charge in [0.05, 0.1) is 23.2 Å². The van der Waals surface area contributed by atoms with Crippen molar-refractivity contribution in [2.45, 2.75) is 27.0 Å². The van der Waals surface area contributed by atoms with Gasteiger partial charge in [-0.3, -0.25) is 14.5 Å².